The lowest BCUT2D eigenvalue weighted by Gasteiger charge is -2.26. The van der Waals surface area contributed by atoms with Gasteiger partial charge in [-0.15, -0.1) is 0 Å². The average Bonchev–Trinajstić information content (AvgIpc) is 3.16. The van der Waals surface area contributed by atoms with E-state index in [1.54, 1.807) is 0 Å². The van der Waals surface area contributed by atoms with Crippen molar-refractivity contribution in [2.45, 2.75) is 52.0 Å². The number of aryl methyl sites for hydroxylation is 1. The Labute approximate surface area is 123 Å². The fourth-order valence-electron chi connectivity index (χ4n) is 2.29. The molecule has 2 rings (SSSR count). The van der Waals surface area contributed by atoms with Crippen LogP contribution < -0.4 is 5.32 Å². The quantitative estimate of drug-likeness (QED) is 0.815. The molecule has 112 valence electrons. The van der Waals surface area contributed by atoms with Crippen molar-refractivity contribution >= 4 is 0 Å². The van der Waals surface area contributed by atoms with Gasteiger partial charge in [-0.1, -0.05) is 29.8 Å². The van der Waals surface area contributed by atoms with Crippen molar-refractivity contribution < 1.29 is 4.74 Å². The van der Waals surface area contributed by atoms with Crippen LogP contribution in [0.5, 0.6) is 0 Å². The molecule has 0 bridgehead atoms. The van der Waals surface area contributed by atoms with E-state index in [9.17, 15) is 0 Å². The fraction of sp³-hybridized carbons (Fsp3) is 0.667. The smallest absolute Gasteiger partial charge is 0.0547 e. The molecule has 1 saturated carbocycles. The lowest BCUT2D eigenvalue weighted by molar-refractivity contribution is 0.108. The first-order valence-corrected chi connectivity index (χ1v) is 7.83. The Kier molecular flexibility index (Phi) is 5.22. The van der Waals surface area contributed by atoms with Crippen LogP contribution in [0.25, 0.3) is 0 Å². The number of hydrogen-bond acceptors (Lipinski definition) is 2. The van der Waals surface area contributed by atoms with Gasteiger partial charge in [0.2, 0.25) is 0 Å². The molecule has 1 aliphatic rings. The van der Waals surface area contributed by atoms with Gasteiger partial charge in [0.1, 0.15) is 0 Å². The van der Waals surface area contributed by atoms with Gasteiger partial charge < -0.3 is 10.1 Å². The van der Waals surface area contributed by atoms with Gasteiger partial charge in [-0.05, 0) is 52.0 Å². The zero-order valence-corrected chi connectivity index (χ0v) is 13.4. The summed E-state index contributed by atoms with van der Waals surface area (Å²) in [5.41, 5.74) is 2.86. The van der Waals surface area contributed by atoms with Crippen molar-refractivity contribution in [1.29, 1.82) is 0 Å². The normalized spacial score (nSPS) is 17.2. The Balaban J connectivity index is 1.94. The molecule has 0 spiro atoms. The predicted octanol–water partition coefficient (Wildman–Crippen LogP) is 3.89. The molecule has 1 fully saturated rings. The minimum absolute atomic E-state index is 0.151. The molecule has 0 aliphatic heterocycles. The number of rotatable bonds is 7. The molecule has 20 heavy (non-hydrogen) atoms. The molecule has 2 nitrogen and oxygen atoms in total. The summed E-state index contributed by atoms with van der Waals surface area (Å²) in [7, 11) is 0. The van der Waals surface area contributed by atoms with Crippen LogP contribution in [0.2, 0.25) is 0 Å². The molecule has 1 aromatic carbocycles. The Morgan fingerprint density at radius 3 is 2.65 bits per heavy atom. The molecule has 1 atom stereocenters. The van der Waals surface area contributed by atoms with Gasteiger partial charge in [0.25, 0.3) is 0 Å². The van der Waals surface area contributed by atoms with Crippen LogP contribution in [0.15, 0.2) is 24.3 Å². The van der Waals surface area contributed by atoms with E-state index < -0.39 is 0 Å². The summed E-state index contributed by atoms with van der Waals surface area (Å²) in [6.07, 6.45) is 2.71. The Bertz CT molecular complexity index is 418. The van der Waals surface area contributed by atoms with E-state index in [2.05, 4.69) is 57.3 Å². The van der Waals surface area contributed by atoms with Crippen LogP contribution in [-0.4, -0.2) is 25.3 Å². The summed E-state index contributed by atoms with van der Waals surface area (Å²) in [5, 5.41) is 3.61. The summed E-state index contributed by atoms with van der Waals surface area (Å²) in [6, 6.07) is 8.82. The second kappa shape index (κ2) is 6.73. The summed E-state index contributed by atoms with van der Waals surface area (Å²) in [4.78, 5) is 0. The van der Waals surface area contributed by atoms with Crippen molar-refractivity contribution in [2.75, 3.05) is 19.8 Å². The minimum Gasteiger partial charge on any atom is -0.380 e. The van der Waals surface area contributed by atoms with E-state index in [1.165, 1.54) is 24.0 Å². The van der Waals surface area contributed by atoms with Crippen molar-refractivity contribution in [3.05, 3.63) is 35.4 Å². The first kappa shape index (κ1) is 15.5. The molecule has 1 N–H and O–H groups in total. The van der Waals surface area contributed by atoms with E-state index in [0.29, 0.717) is 5.92 Å². The Morgan fingerprint density at radius 2 is 2.05 bits per heavy atom. The van der Waals surface area contributed by atoms with Crippen LogP contribution in [0.1, 0.15) is 50.7 Å². The Hall–Kier alpha value is -0.860. The van der Waals surface area contributed by atoms with Gasteiger partial charge in [-0.3, -0.25) is 0 Å². The highest BCUT2D eigenvalue weighted by Gasteiger charge is 2.22. The summed E-state index contributed by atoms with van der Waals surface area (Å²) < 4.78 is 5.94. The molecular formula is C18H29NO. The van der Waals surface area contributed by atoms with Crippen LogP contribution in [0.3, 0.4) is 0 Å². The van der Waals surface area contributed by atoms with E-state index >= 15 is 0 Å². The summed E-state index contributed by atoms with van der Waals surface area (Å²) in [5.74, 6) is 1.27. The summed E-state index contributed by atoms with van der Waals surface area (Å²) >= 11 is 0. The number of nitrogens with one attached hydrogen (secondary N) is 1. The maximum atomic E-state index is 5.94. The van der Waals surface area contributed by atoms with E-state index in [4.69, 9.17) is 4.74 Å². The topological polar surface area (TPSA) is 21.3 Å². The van der Waals surface area contributed by atoms with Gasteiger partial charge in [0.15, 0.2) is 0 Å². The number of benzene rings is 1. The molecule has 0 radical (unpaired) electrons. The van der Waals surface area contributed by atoms with Gasteiger partial charge in [0.05, 0.1) is 6.61 Å². The highest BCUT2D eigenvalue weighted by Crippen LogP contribution is 2.29. The lowest BCUT2D eigenvalue weighted by atomic mass is 9.97. The van der Waals surface area contributed by atoms with E-state index in [0.717, 1.165) is 25.7 Å². The van der Waals surface area contributed by atoms with Gasteiger partial charge >= 0.3 is 0 Å². The number of hydrogen-bond donors (Lipinski definition) is 1. The zero-order chi connectivity index (χ0) is 14.6. The zero-order valence-electron chi connectivity index (χ0n) is 13.4. The highest BCUT2D eigenvalue weighted by atomic mass is 16.5. The third kappa shape index (κ3) is 5.64. The average molecular weight is 275 g/mol. The van der Waals surface area contributed by atoms with Crippen molar-refractivity contribution in [3.8, 4) is 0 Å². The second-order valence-electron chi connectivity index (χ2n) is 7.22. The third-order valence-corrected chi connectivity index (χ3v) is 3.76. The van der Waals surface area contributed by atoms with Gasteiger partial charge in [0, 0.05) is 24.6 Å². The fourth-order valence-corrected chi connectivity index (χ4v) is 2.29. The van der Waals surface area contributed by atoms with Gasteiger partial charge in [-0.2, -0.15) is 0 Å². The SMILES string of the molecule is Cc1cccc(C(CNC(C)(C)C)COCC2CC2)c1. The predicted molar refractivity (Wildman–Crippen MR) is 85.2 cm³/mol. The van der Waals surface area contributed by atoms with E-state index in [-0.39, 0.29) is 5.54 Å². The lowest BCUT2D eigenvalue weighted by Crippen LogP contribution is -2.39. The van der Waals surface area contributed by atoms with Crippen molar-refractivity contribution in [2.24, 2.45) is 5.92 Å². The molecule has 0 amide bonds. The van der Waals surface area contributed by atoms with Crippen molar-refractivity contribution in [3.63, 3.8) is 0 Å². The van der Waals surface area contributed by atoms with Crippen LogP contribution in [-0.2, 0) is 4.74 Å². The monoisotopic (exact) mass is 275 g/mol. The molecule has 1 aromatic rings. The molecule has 0 aromatic heterocycles. The van der Waals surface area contributed by atoms with Crippen LogP contribution in [0, 0.1) is 12.8 Å². The molecular weight excluding hydrogens is 246 g/mol. The van der Waals surface area contributed by atoms with Crippen LogP contribution >= 0.6 is 0 Å². The highest BCUT2D eigenvalue weighted by molar-refractivity contribution is 5.26. The Morgan fingerprint density at radius 1 is 1.30 bits per heavy atom. The molecule has 0 saturated heterocycles. The maximum Gasteiger partial charge on any atom is 0.0547 e. The third-order valence-electron chi connectivity index (χ3n) is 3.76. The molecule has 0 heterocycles. The molecule has 2 heteroatoms. The largest absolute Gasteiger partial charge is 0.380 e. The number of ether oxygens (including phenoxy) is 1. The van der Waals surface area contributed by atoms with Crippen molar-refractivity contribution in [1.82, 2.24) is 5.32 Å². The molecule has 1 unspecified atom stereocenters. The summed E-state index contributed by atoms with van der Waals surface area (Å²) in [6.45, 7) is 11.5. The van der Waals surface area contributed by atoms with Crippen LogP contribution in [0.4, 0.5) is 0 Å². The second-order valence-corrected chi connectivity index (χ2v) is 7.22. The molecule has 1 aliphatic carbocycles. The maximum absolute atomic E-state index is 5.94. The van der Waals surface area contributed by atoms with Gasteiger partial charge in [-0.25, -0.2) is 0 Å². The van der Waals surface area contributed by atoms with E-state index in [1.807, 2.05) is 0 Å². The standard InChI is InChI=1S/C18H29NO/c1-14-6-5-7-16(10-14)17(11-19-18(2,3)4)13-20-12-15-8-9-15/h5-7,10,15,17,19H,8-9,11-13H2,1-4H3. The first-order valence-electron chi connectivity index (χ1n) is 7.83. The first-order chi connectivity index (χ1) is 9.44. The minimum atomic E-state index is 0.151.